The lowest BCUT2D eigenvalue weighted by atomic mass is 10.1. The maximum atomic E-state index is 12.4. The molecule has 8 heteroatoms. The Morgan fingerprint density at radius 3 is 2.21 bits per heavy atom. The number of nitro benzene ring substituents is 1. The Hall–Kier alpha value is -2.48. The van der Waals surface area contributed by atoms with Crippen molar-refractivity contribution in [2.24, 2.45) is 5.73 Å². The Labute approximate surface area is 140 Å². The Morgan fingerprint density at radius 2 is 1.71 bits per heavy atom. The summed E-state index contributed by atoms with van der Waals surface area (Å²) in [7, 11) is 0. The molecule has 2 N–H and O–H groups in total. The first-order valence-corrected chi connectivity index (χ1v) is 7.95. The van der Waals surface area contributed by atoms with Crippen molar-refractivity contribution in [1.29, 1.82) is 0 Å². The van der Waals surface area contributed by atoms with Crippen molar-refractivity contribution < 1.29 is 14.5 Å². The molecule has 1 fully saturated rings. The number of nitro groups is 1. The number of amides is 2. The molecule has 0 spiro atoms. The number of benzene rings is 1. The van der Waals surface area contributed by atoms with E-state index in [0.717, 1.165) is 0 Å². The summed E-state index contributed by atoms with van der Waals surface area (Å²) in [6, 6.07) is 5.56. The molecule has 1 atom stereocenters. The summed E-state index contributed by atoms with van der Waals surface area (Å²) in [5, 5.41) is 10.6. The standard InChI is InChI=1S/C16H22N4O4/c1-12(17)2-7-15(21)18-8-10-19(11-9-18)16(22)13-3-5-14(6-4-13)20(23)24/h3-6,12H,2,7-11,17H2,1H3. The lowest BCUT2D eigenvalue weighted by molar-refractivity contribution is -0.384. The molecule has 2 rings (SSSR count). The Morgan fingerprint density at radius 1 is 1.17 bits per heavy atom. The van der Waals surface area contributed by atoms with Crippen LogP contribution in [0.1, 0.15) is 30.1 Å². The van der Waals surface area contributed by atoms with Gasteiger partial charge in [-0.1, -0.05) is 0 Å². The lowest BCUT2D eigenvalue weighted by Crippen LogP contribution is -2.50. The van der Waals surface area contributed by atoms with Crippen LogP contribution in [0.15, 0.2) is 24.3 Å². The van der Waals surface area contributed by atoms with Crippen molar-refractivity contribution in [3.63, 3.8) is 0 Å². The van der Waals surface area contributed by atoms with E-state index in [9.17, 15) is 19.7 Å². The maximum absolute atomic E-state index is 12.4. The lowest BCUT2D eigenvalue weighted by Gasteiger charge is -2.35. The van der Waals surface area contributed by atoms with Crippen molar-refractivity contribution >= 4 is 17.5 Å². The van der Waals surface area contributed by atoms with E-state index in [1.165, 1.54) is 24.3 Å². The maximum Gasteiger partial charge on any atom is 0.269 e. The number of hydrogen-bond acceptors (Lipinski definition) is 5. The topological polar surface area (TPSA) is 110 Å². The summed E-state index contributed by atoms with van der Waals surface area (Å²) in [5.74, 6) is -0.109. The Kier molecular flexibility index (Phi) is 5.86. The molecule has 1 unspecified atom stereocenters. The van der Waals surface area contributed by atoms with Gasteiger partial charge in [0.25, 0.3) is 11.6 Å². The van der Waals surface area contributed by atoms with Crippen molar-refractivity contribution in [2.45, 2.75) is 25.8 Å². The minimum absolute atomic E-state index is 0.000968. The van der Waals surface area contributed by atoms with Crippen LogP contribution in [-0.4, -0.2) is 58.8 Å². The largest absolute Gasteiger partial charge is 0.339 e. The van der Waals surface area contributed by atoms with E-state index in [-0.39, 0.29) is 23.5 Å². The van der Waals surface area contributed by atoms with Gasteiger partial charge in [-0.15, -0.1) is 0 Å². The molecule has 0 aliphatic carbocycles. The van der Waals surface area contributed by atoms with E-state index in [1.54, 1.807) is 9.80 Å². The second kappa shape index (κ2) is 7.87. The van der Waals surface area contributed by atoms with Crippen molar-refractivity contribution in [3.05, 3.63) is 39.9 Å². The molecule has 1 aliphatic heterocycles. The fourth-order valence-electron chi connectivity index (χ4n) is 2.58. The minimum atomic E-state index is -0.499. The molecule has 24 heavy (non-hydrogen) atoms. The van der Waals surface area contributed by atoms with Gasteiger partial charge < -0.3 is 15.5 Å². The predicted octanol–water partition coefficient (Wildman–Crippen LogP) is 1.01. The van der Waals surface area contributed by atoms with Crippen LogP contribution >= 0.6 is 0 Å². The molecular weight excluding hydrogens is 312 g/mol. The van der Waals surface area contributed by atoms with Gasteiger partial charge >= 0.3 is 0 Å². The van der Waals surface area contributed by atoms with Crippen molar-refractivity contribution in [2.75, 3.05) is 26.2 Å². The molecule has 0 aromatic heterocycles. The highest BCUT2D eigenvalue weighted by Gasteiger charge is 2.25. The number of nitrogens with two attached hydrogens (primary N) is 1. The van der Waals surface area contributed by atoms with Crippen LogP contribution in [0, 0.1) is 10.1 Å². The van der Waals surface area contributed by atoms with Gasteiger partial charge in [0, 0.05) is 56.3 Å². The molecule has 1 aromatic rings. The van der Waals surface area contributed by atoms with Crippen LogP contribution in [0.4, 0.5) is 5.69 Å². The summed E-state index contributed by atoms with van der Waals surface area (Å²) in [6.45, 7) is 3.78. The molecule has 0 saturated carbocycles. The van der Waals surface area contributed by atoms with E-state index in [0.29, 0.717) is 44.6 Å². The van der Waals surface area contributed by atoms with Gasteiger partial charge in [0.05, 0.1) is 4.92 Å². The van der Waals surface area contributed by atoms with Gasteiger partial charge in [0.1, 0.15) is 0 Å². The average molecular weight is 334 g/mol. The van der Waals surface area contributed by atoms with Gasteiger partial charge in [-0.25, -0.2) is 0 Å². The molecule has 1 heterocycles. The number of carbonyl (C=O) groups excluding carboxylic acids is 2. The third-order valence-corrected chi connectivity index (χ3v) is 4.06. The van der Waals surface area contributed by atoms with Gasteiger partial charge in [0.2, 0.25) is 5.91 Å². The van der Waals surface area contributed by atoms with Crippen LogP contribution in [0.3, 0.4) is 0 Å². The highest BCUT2D eigenvalue weighted by atomic mass is 16.6. The van der Waals surface area contributed by atoms with E-state index >= 15 is 0 Å². The summed E-state index contributed by atoms with van der Waals surface area (Å²) in [4.78, 5) is 38.0. The first-order valence-electron chi connectivity index (χ1n) is 7.95. The molecule has 1 aliphatic rings. The zero-order chi connectivity index (χ0) is 17.7. The molecule has 130 valence electrons. The van der Waals surface area contributed by atoms with E-state index in [2.05, 4.69) is 0 Å². The first kappa shape index (κ1) is 17.9. The van der Waals surface area contributed by atoms with Crippen molar-refractivity contribution in [1.82, 2.24) is 9.80 Å². The highest BCUT2D eigenvalue weighted by Crippen LogP contribution is 2.15. The number of non-ortho nitro benzene ring substituents is 1. The number of rotatable bonds is 5. The number of carbonyl (C=O) groups is 2. The summed E-state index contributed by atoms with van der Waals surface area (Å²) in [6.07, 6.45) is 1.08. The highest BCUT2D eigenvalue weighted by molar-refractivity contribution is 5.94. The summed E-state index contributed by atoms with van der Waals surface area (Å²) < 4.78 is 0. The van der Waals surface area contributed by atoms with Crippen LogP contribution in [-0.2, 0) is 4.79 Å². The van der Waals surface area contributed by atoms with Gasteiger partial charge in [0.15, 0.2) is 0 Å². The second-order valence-corrected chi connectivity index (χ2v) is 5.99. The Balaban J connectivity index is 1.88. The van der Waals surface area contributed by atoms with Crippen molar-refractivity contribution in [3.8, 4) is 0 Å². The van der Waals surface area contributed by atoms with Crippen LogP contribution in [0.5, 0.6) is 0 Å². The average Bonchev–Trinajstić information content (AvgIpc) is 2.59. The predicted molar refractivity (Wildman–Crippen MR) is 88.5 cm³/mol. The van der Waals surface area contributed by atoms with Gasteiger partial charge in [-0.05, 0) is 25.5 Å². The molecule has 2 amide bonds. The SMILES string of the molecule is CC(N)CCC(=O)N1CCN(C(=O)c2ccc([N+](=O)[O-])cc2)CC1. The van der Waals surface area contributed by atoms with Crippen LogP contribution in [0.25, 0.3) is 0 Å². The molecular formula is C16H22N4O4. The van der Waals surface area contributed by atoms with Crippen LogP contribution in [0.2, 0.25) is 0 Å². The smallest absolute Gasteiger partial charge is 0.269 e. The minimum Gasteiger partial charge on any atom is -0.339 e. The molecule has 0 radical (unpaired) electrons. The fraction of sp³-hybridized carbons (Fsp3) is 0.500. The fourth-order valence-corrected chi connectivity index (χ4v) is 2.58. The summed E-state index contributed by atoms with van der Waals surface area (Å²) >= 11 is 0. The molecule has 1 aromatic carbocycles. The Bertz CT molecular complexity index is 607. The summed E-state index contributed by atoms with van der Waals surface area (Å²) in [5.41, 5.74) is 6.03. The molecule has 8 nitrogen and oxygen atoms in total. The van der Waals surface area contributed by atoms with E-state index in [4.69, 9.17) is 5.73 Å². The van der Waals surface area contributed by atoms with Gasteiger partial charge in [-0.3, -0.25) is 19.7 Å². The monoisotopic (exact) mass is 334 g/mol. The number of nitrogens with zero attached hydrogens (tertiary/aromatic N) is 3. The zero-order valence-electron chi connectivity index (χ0n) is 13.7. The van der Waals surface area contributed by atoms with Gasteiger partial charge in [-0.2, -0.15) is 0 Å². The molecule has 1 saturated heterocycles. The van der Waals surface area contributed by atoms with Crippen LogP contribution < -0.4 is 5.73 Å². The van der Waals surface area contributed by atoms with E-state index < -0.39 is 4.92 Å². The third kappa shape index (κ3) is 4.51. The quantitative estimate of drug-likeness (QED) is 0.638. The number of hydrogen-bond donors (Lipinski definition) is 1. The molecule has 0 bridgehead atoms. The normalized spacial score (nSPS) is 15.9. The third-order valence-electron chi connectivity index (χ3n) is 4.06. The number of piperazine rings is 1. The second-order valence-electron chi connectivity index (χ2n) is 5.99. The first-order chi connectivity index (χ1) is 11.4. The van der Waals surface area contributed by atoms with E-state index in [1.807, 2.05) is 6.92 Å². The zero-order valence-corrected chi connectivity index (χ0v) is 13.7.